The van der Waals surface area contributed by atoms with Crippen molar-refractivity contribution in [2.75, 3.05) is 39.1 Å². The molecular formula is C27H28F6N4O4S. The van der Waals surface area contributed by atoms with Crippen molar-refractivity contribution in [2.45, 2.75) is 24.3 Å². The van der Waals surface area contributed by atoms with E-state index in [1.54, 1.807) is 21.0 Å². The Morgan fingerprint density at radius 3 is 2.36 bits per heavy atom. The van der Waals surface area contributed by atoms with Gasteiger partial charge in [0.15, 0.2) is 0 Å². The second-order valence-electron chi connectivity index (χ2n) is 10.1. The molecular weight excluding hydrogens is 590 g/mol. The lowest BCUT2D eigenvalue weighted by molar-refractivity contribution is -0.115. The topological polar surface area (TPSA) is 94.7 Å². The number of carbonyl (C=O) groups excluding carboxylic acids is 2. The van der Waals surface area contributed by atoms with Gasteiger partial charge in [-0.05, 0) is 56.4 Å². The quantitative estimate of drug-likeness (QED) is 0.296. The highest BCUT2D eigenvalue weighted by Crippen LogP contribution is 3.02. The van der Waals surface area contributed by atoms with Crippen LogP contribution < -0.4 is 15.6 Å². The van der Waals surface area contributed by atoms with Crippen molar-refractivity contribution < 1.29 is 38.1 Å². The number of amides is 2. The predicted octanol–water partition coefficient (Wildman–Crippen LogP) is 5.80. The molecule has 0 unspecified atom stereocenters. The number of carbonyl (C=O) groups is 2. The number of hydrogen-bond acceptors (Lipinski definition) is 5. The van der Waals surface area contributed by atoms with Crippen molar-refractivity contribution in [1.29, 1.82) is 0 Å². The summed E-state index contributed by atoms with van der Waals surface area (Å²) >= 11 is 0. The van der Waals surface area contributed by atoms with E-state index in [1.807, 2.05) is 4.90 Å². The first-order valence-corrected chi connectivity index (χ1v) is 14.6. The minimum absolute atomic E-state index is 0.0387. The molecule has 42 heavy (non-hydrogen) atoms. The SMILES string of the molecule is CCOc1cc(=O)[nH]cc1-c1ccc(CC(=O)Nc2cc(C(=O)N3CC(N(C)C)C3)cc(S(F)(F)(F)(F)F)c2)c(F)c1. The van der Waals surface area contributed by atoms with Crippen molar-refractivity contribution in [1.82, 2.24) is 14.8 Å². The van der Waals surface area contributed by atoms with Gasteiger partial charge in [0, 0.05) is 48.2 Å². The van der Waals surface area contributed by atoms with Gasteiger partial charge in [-0.25, -0.2) is 4.39 Å². The minimum Gasteiger partial charge on any atom is -0.493 e. The van der Waals surface area contributed by atoms with Crippen LogP contribution in [-0.4, -0.2) is 66.4 Å². The summed E-state index contributed by atoms with van der Waals surface area (Å²) < 4.78 is 89.0. The van der Waals surface area contributed by atoms with Gasteiger partial charge in [0.05, 0.1) is 13.0 Å². The van der Waals surface area contributed by atoms with E-state index in [4.69, 9.17) is 4.74 Å². The highest BCUT2D eigenvalue weighted by molar-refractivity contribution is 8.45. The molecule has 2 heterocycles. The van der Waals surface area contributed by atoms with Crippen LogP contribution in [0.3, 0.4) is 0 Å². The lowest BCUT2D eigenvalue weighted by Crippen LogP contribution is -2.59. The first-order valence-electron chi connectivity index (χ1n) is 12.6. The zero-order valence-corrected chi connectivity index (χ0v) is 23.5. The van der Waals surface area contributed by atoms with Gasteiger partial charge in [-0.2, -0.15) is 0 Å². The Balaban J connectivity index is 1.58. The van der Waals surface area contributed by atoms with E-state index in [0.29, 0.717) is 11.1 Å². The normalized spacial score (nSPS) is 15.5. The molecule has 0 bridgehead atoms. The first-order chi connectivity index (χ1) is 19.3. The van der Waals surface area contributed by atoms with Crippen LogP contribution in [0, 0.1) is 5.82 Å². The van der Waals surface area contributed by atoms with Crippen LogP contribution in [0.1, 0.15) is 22.8 Å². The predicted molar refractivity (Wildman–Crippen MR) is 147 cm³/mol. The third-order valence-corrected chi connectivity index (χ3v) is 7.79. The van der Waals surface area contributed by atoms with E-state index >= 15 is 0 Å². The Morgan fingerprint density at radius 2 is 1.76 bits per heavy atom. The minimum atomic E-state index is -10.2. The molecule has 228 valence electrons. The molecule has 1 saturated heterocycles. The molecule has 0 spiro atoms. The fourth-order valence-corrected chi connectivity index (χ4v) is 5.04. The fraction of sp³-hybridized carbons (Fsp3) is 0.296. The molecule has 0 radical (unpaired) electrons. The number of halogens is 6. The van der Waals surface area contributed by atoms with Gasteiger partial charge in [-0.1, -0.05) is 31.6 Å². The van der Waals surface area contributed by atoms with Crippen LogP contribution in [0.5, 0.6) is 5.75 Å². The number of nitrogens with zero attached hydrogens (tertiary/aromatic N) is 2. The van der Waals surface area contributed by atoms with Crippen molar-refractivity contribution >= 4 is 27.7 Å². The van der Waals surface area contributed by atoms with Crippen LogP contribution in [-0.2, 0) is 11.2 Å². The van der Waals surface area contributed by atoms with Crippen LogP contribution in [0.25, 0.3) is 11.1 Å². The summed E-state index contributed by atoms with van der Waals surface area (Å²) in [6.45, 7) is 2.32. The number of nitrogens with one attached hydrogen (secondary N) is 2. The van der Waals surface area contributed by atoms with E-state index in [0.717, 1.165) is 12.1 Å². The Kier molecular flexibility index (Phi) is 7.65. The Morgan fingerprint density at radius 1 is 1.07 bits per heavy atom. The van der Waals surface area contributed by atoms with E-state index in [-0.39, 0.29) is 49.2 Å². The smallest absolute Gasteiger partial charge is 0.310 e. The molecule has 8 nitrogen and oxygen atoms in total. The molecule has 1 fully saturated rings. The van der Waals surface area contributed by atoms with Crippen LogP contribution in [0.2, 0.25) is 0 Å². The molecule has 3 aromatic rings. The Hall–Kier alpha value is -3.98. The fourth-order valence-electron chi connectivity index (χ4n) is 4.34. The average molecular weight is 619 g/mol. The van der Waals surface area contributed by atoms with Gasteiger partial charge in [0.1, 0.15) is 16.5 Å². The molecule has 0 atom stereocenters. The van der Waals surface area contributed by atoms with Crippen molar-refractivity contribution in [3.8, 4) is 16.9 Å². The maximum Gasteiger partial charge on any atom is 0.310 e. The Labute approximate surface area is 237 Å². The lowest BCUT2D eigenvalue weighted by atomic mass is 10.0. The molecule has 1 aliphatic heterocycles. The van der Waals surface area contributed by atoms with E-state index in [9.17, 15) is 38.2 Å². The largest absolute Gasteiger partial charge is 0.493 e. The van der Waals surface area contributed by atoms with Gasteiger partial charge in [-0.3, -0.25) is 14.4 Å². The molecule has 2 N–H and O–H groups in total. The second-order valence-corrected chi connectivity index (χ2v) is 12.5. The number of aromatic nitrogens is 1. The summed E-state index contributed by atoms with van der Waals surface area (Å²) in [6, 6.07) is 5.95. The molecule has 1 aromatic heterocycles. The number of anilines is 1. The van der Waals surface area contributed by atoms with Gasteiger partial charge >= 0.3 is 10.2 Å². The van der Waals surface area contributed by atoms with Crippen LogP contribution >= 0.6 is 10.2 Å². The number of aromatic amines is 1. The molecule has 2 aromatic carbocycles. The average Bonchev–Trinajstić information content (AvgIpc) is 2.83. The molecule has 2 amide bonds. The van der Waals surface area contributed by atoms with Crippen molar-refractivity contribution in [3.05, 3.63) is 76.0 Å². The maximum atomic E-state index is 15.0. The zero-order chi connectivity index (χ0) is 31.1. The first kappa shape index (κ1) is 31.0. The number of hydrogen-bond donors (Lipinski definition) is 2. The molecule has 0 aliphatic carbocycles. The van der Waals surface area contributed by atoms with E-state index < -0.39 is 56.0 Å². The maximum absolute atomic E-state index is 15.0. The number of ether oxygens (including phenoxy) is 1. The number of rotatable bonds is 9. The lowest BCUT2D eigenvalue weighted by Gasteiger charge is -2.43. The summed E-state index contributed by atoms with van der Waals surface area (Å²) in [5.74, 6) is -2.55. The standard InChI is InChI=1S/C27H28F6N4O4S/c1-4-41-24-12-25(38)34-13-22(24)16-5-6-17(23(28)9-16)10-26(39)35-19-7-18(8-21(11-19)42(29,30,31,32)33)27(40)37-14-20(15-37)36(2)3/h5-9,11-13,20H,4,10,14-15H2,1-3H3,(H,34,38)(H,35,39). The van der Waals surface area contributed by atoms with Crippen LogP contribution in [0.15, 0.2) is 58.4 Å². The summed E-state index contributed by atoms with van der Waals surface area (Å²) in [7, 11) is -6.72. The van der Waals surface area contributed by atoms with Gasteiger partial charge in [0.25, 0.3) is 11.5 Å². The highest BCUT2D eigenvalue weighted by Gasteiger charge is 2.65. The zero-order valence-electron chi connectivity index (χ0n) is 22.7. The van der Waals surface area contributed by atoms with Gasteiger partial charge in [-0.15, -0.1) is 0 Å². The monoisotopic (exact) mass is 618 g/mol. The van der Waals surface area contributed by atoms with E-state index in [1.165, 1.54) is 29.3 Å². The Bertz CT molecular complexity index is 1610. The summed E-state index contributed by atoms with van der Waals surface area (Å²) in [5.41, 5.74) is -1.26. The van der Waals surface area contributed by atoms with Gasteiger partial charge < -0.3 is 24.8 Å². The van der Waals surface area contributed by atoms with Gasteiger partial charge in [0.2, 0.25) is 5.91 Å². The summed E-state index contributed by atoms with van der Waals surface area (Å²) in [4.78, 5) is 40.3. The number of likely N-dealkylation sites (N-methyl/N-ethyl adjacent to an activating group) is 1. The molecule has 15 heteroatoms. The number of benzene rings is 2. The molecule has 1 aliphatic rings. The third-order valence-electron chi connectivity index (χ3n) is 6.66. The number of pyridine rings is 1. The highest BCUT2D eigenvalue weighted by atomic mass is 32.5. The third kappa shape index (κ3) is 7.07. The molecule has 0 saturated carbocycles. The summed E-state index contributed by atoms with van der Waals surface area (Å²) in [5, 5.41) is 2.08. The van der Waals surface area contributed by atoms with Crippen molar-refractivity contribution in [2.24, 2.45) is 0 Å². The van der Waals surface area contributed by atoms with E-state index in [2.05, 4.69) is 10.3 Å². The van der Waals surface area contributed by atoms with Crippen LogP contribution in [0.4, 0.5) is 29.5 Å². The number of H-pyrrole nitrogens is 1. The molecule has 4 rings (SSSR count). The number of likely N-dealkylation sites (tertiary alicyclic amines) is 1. The second kappa shape index (κ2) is 10.4. The summed E-state index contributed by atoms with van der Waals surface area (Å²) in [6.07, 6.45) is 0.677. The van der Waals surface area contributed by atoms with Crippen molar-refractivity contribution in [3.63, 3.8) is 0 Å².